The molecule has 0 saturated carbocycles. The Morgan fingerprint density at radius 1 is 1.35 bits per heavy atom. The average Bonchev–Trinajstić information content (AvgIpc) is 3.06. The maximum absolute atomic E-state index is 5.68. The van der Waals surface area contributed by atoms with Crippen molar-refractivity contribution in [3.05, 3.63) is 30.2 Å². The molecule has 0 aliphatic carbocycles. The van der Waals surface area contributed by atoms with Gasteiger partial charge in [0.15, 0.2) is 0 Å². The highest BCUT2D eigenvalue weighted by Crippen LogP contribution is 2.22. The molecule has 1 saturated heterocycles. The predicted octanol–water partition coefficient (Wildman–Crippen LogP) is 1.08. The fraction of sp³-hybridized carbons (Fsp3) is 0.571. The number of aryl methyl sites for hydroxylation is 1. The maximum Gasteiger partial charge on any atom is 0.145 e. The van der Waals surface area contributed by atoms with E-state index in [0.717, 1.165) is 38.9 Å². The first-order valence-corrected chi connectivity index (χ1v) is 7.21. The average molecular weight is 274 g/mol. The molecule has 108 valence electrons. The molecule has 0 radical (unpaired) electrons. The zero-order chi connectivity index (χ0) is 13.9. The van der Waals surface area contributed by atoms with Crippen molar-refractivity contribution in [2.75, 3.05) is 25.4 Å². The number of aromatic nitrogens is 4. The van der Waals surface area contributed by atoms with E-state index in [-0.39, 0.29) is 0 Å². The van der Waals surface area contributed by atoms with Gasteiger partial charge in [0.2, 0.25) is 0 Å². The van der Waals surface area contributed by atoms with Gasteiger partial charge in [-0.3, -0.25) is 9.36 Å². The van der Waals surface area contributed by atoms with Crippen LogP contribution in [0.15, 0.2) is 24.7 Å². The van der Waals surface area contributed by atoms with Gasteiger partial charge in [0.05, 0.1) is 12.2 Å². The van der Waals surface area contributed by atoms with Crippen molar-refractivity contribution >= 4 is 5.82 Å². The van der Waals surface area contributed by atoms with Crippen LogP contribution in [0.1, 0.15) is 24.4 Å². The third kappa shape index (κ3) is 3.01. The number of anilines is 1. The molecule has 1 aliphatic rings. The third-order valence-corrected chi connectivity index (χ3v) is 4.04. The highest BCUT2D eigenvalue weighted by atomic mass is 15.3. The van der Waals surface area contributed by atoms with Crippen LogP contribution in [0, 0.1) is 0 Å². The Balaban J connectivity index is 1.46. The highest BCUT2D eigenvalue weighted by molar-refractivity contribution is 5.24. The molecule has 6 heteroatoms. The van der Waals surface area contributed by atoms with Gasteiger partial charge in [0.1, 0.15) is 5.82 Å². The van der Waals surface area contributed by atoms with Crippen molar-refractivity contribution < 1.29 is 0 Å². The number of likely N-dealkylation sites (tertiary alicyclic amines) is 1. The second-order valence-electron chi connectivity index (χ2n) is 5.57. The summed E-state index contributed by atoms with van der Waals surface area (Å²) in [4.78, 5) is 2.52. The quantitative estimate of drug-likeness (QED) is 0.906. The molecule has 0 bridgehead atoms. The van der Waals surface area contributed by atoms with Crippen LogP contribution in [-0.2, 0) is 13.5 Å². The Kier molecular flexibility index (Phi) is 3.73. The molecule has 0 aromatic carbocycles. The van der Waals surface area contributed by atoms with Crippen molar-refractivity contribution in [2.45, 2.75) is 25.3 Å². The Labute approximate surface area is 119 Å². The molecule has 2 aromatic heterocycles. The molecule has 0 spiro atoms. The van der Waals surface area contributed by atoms with E-state index in [9.17, 15) is 0 Å². The van der Waals surface area contributed by atoms with Gasteiger partial charge in [-0.15, -0.1) is 0 Å². The third-order valence-electron chi connectivity index (χ3n) is 4.04. The van der Waals surface area contributed by atoms with E-state index in [2.05, 4.69) is 21.3 Å². The number of nitrogens with two attached hydrogens (primary N) is 1. The smallest absolute Gasteiger partial charge is 0.145 e. The lowest BCUT2D eigenvalue weighted by molar-refractivity contribution is 0.182. The first-order valence-electron chi connectivity index (χ1n) is 7.21. The van der Waals surface area contributed by atoms with Gasteiger partial charge in [-0.05, 0) is 30.9 Å². The molecule has 0 atom stereocenters. The Hall–Kier alpha value is -1.82. The van der Waals surface area contributed by atoms with Crippen molar-refractivity contribution in [1.29, 1.82) is 0 Å². The highest BCUT2D eigenvalue weighted by Gasteiger charge is 2.20. The topological polar surface area (TPSA) is 64.9 Å². The normalized spacial score (nSPS) is 17.6. The zero-order valence-corrected chi connectivity index (χ0v) is 11.9. The van der Waals surface area contributed by atoms with Crippen LogP contribution >= 0.6 is 0 Å². The van der Waals surface area contributed by atoms with Crippen LogP contribution in [0.3, 0.4) is 0 Å². The summed E-state index contributed by atoms with van der Waals surface area (Å²) in [6.45, 7) is 3.37. The van der Waals surface area contributed by atoms with E-state index in [4.69, 9.17) is 5.73 Å². The lowest BCUT2D eigenvalue weighted by Crippen LogP contribution is -2.36. The summed E-state index contributed by atoms with van der Waals surface area (Å²) in [6, 6.07) is 2.37. The Morgan fingerprint density at radius 2 is 2.15 bits per heavy atom. The molecule has 0 amide bonds. The molecule has 20 heavy (non-hydrogen) atoms. The molecule has 3 heterocycles. The lowest BCUT2D eigenvalue weighted by Gasteiger charge is -2.31. The molecule has 2 aromatic rings. The Bertz CT molecular complexity index is 550. The number of hydrogen-bond acceptors (Lipinski definition) is 4. The van der Waals surface area contributed by atoms with E-state index in [1.54, 1.807) is 0 Å². The molecule has 1 aliphatic heterocycles. The zero-order valence-electron chi connectivity index (χ0n) is 11.9. The number of piperidine rings is 1. The van der Waals surface area contributed by atoms with Gasteiger partial charge in [0.25, 0.3) is 0 Å². The summed E-state index contributed by atoms with van der Waals surface area (Å²) in [5.74, 6) is 0.615. The van der Waals surface area contributed by atoms with E-state index >= 15 is 0 Å². The van der Waals surface area contributed by atoms with Crippen LogP contribution in [-0.4, -0.2) is 44.1 Å². The van der Waals surface area contributed by atoms with Gasteiger partial charge in [0, 0.05) is 39.1 Å². The Morgan fingerprint density at radius 3 is 2.75 bits per heavy atom. The summed E-state index contributed by atoms with van der Waals surface area (Å²) < 4.78 is 3.89. The van der Waals surface area contributed by atoms with Crippen molar-refractivity contribution in [3.63, 3.8) is 0 Å². The summed E-state index contributed by atoms with van der Waals surface area (Å²) in [5.41, 5.74) is 6.99. The van der Waals surface area contributed by atoms with Gasteiger partial charge < -0.3 is 10.6 Å². The fourth-order valence-corrected chi connectivity index (χ4v) is 2.85. The van der Waals surface area contributed by atoms with Gasteiger partial charge in [-0.25, -0.2) is 0 Å². The van der Waals surface area contributed by atoms with Crippen molar-refractivity contribution in [2.24, 2.45) is 7.05 Å². The summed E-state index contributed by atoms with van der Waals surface area (Å²) in [5, 5.41) is 8.53. The van der Waals surface area contributed by atoms with E-state index in [1.807, 2.05) is 34.9 Å². The first-order chi connectivity index (χ1) is 9.70. The van der Waals surface area contributed by atoms with Crippen LogP contribution in [0.4, 0.5) is 5.82 Å². The van der Waals surface area contributed by atoms with Gasteiger partial charge in [-0.1, -0.05) is 0 Å². The van der Waals surface area contributed by atoms with Crippen LogP contribution in [0.5, 0.6) is 0 Å². The summed E-state index contributed by atoms with van der Waals surface area (Å²) in [7, 11) is 1.96. The van der Waals surface area contributed by atoms with E-state index in [1.165, 1.54) is 5.56 Å². The van der Waals surface area contributed by atoms with E-state index < -0.39 is 0 Å². The van der Waals surface area contributed by atoms with Gasteiger partial charge >= 0.3 is 0 Å². The second kappa shape index (κ2) is 5.66. The summed E-state index contributed by atoms with van der Waals surface area (Å²) >= 11 is 0. The van der Waals surface area contributed by atoms with E-state index in [0.29, 0.717) is 11.9 Å². The minimum Gasteiger partial charge on any atom is -0.382 e. The monoisotopic (exact) mass is 274 g/mol. The molecule has 6 nitrogen and oxygen atoms in total. The molecule has 1 fully saturated rings. The molecule has 0 unspecified atom stereocenters. The lowest BCUT2D eigenvalue weighted by atomic mass is 10.0. The number of nitrogens with zero attached hydrogens (tertiary/aromatic N) is 5. The second-order valence-corrected chi connectivity index (χ2v) is 5.57. The fourth-order valence-electron chi connectivity index (χ4n) is 2.85. The molecular weight excluding hydrogens is 252 g/mol. The SMILES string of the molecule is Cn1cc(CCN2CCC(n3ccc(N)n3)CC2)cn1. The maximum atomic E-state index is 5.68. The van der Waals surface area contributed by atoms with Crippen molar-refractivity contribution in [1.82, 2.24) is 24.5 Å². The standard InChI is InChI=1S/C14H22N6/c1-18-11-12(10-16-18)2-6-19-7-3-13(4-8-19)20-9-5-14(15)17-20/h5,9-11,13H,2-4,6-8H2,1H3,(H2,15,17). The van der Waals surface area contributed by atoms with Gasteiger partial charge in [-0.2, -0.15) is 10.2 Å². The number of nitrogen functional groups attached to an aromatic ring is 1. The largest absolute Gasteiger partial charge is 0.382 e. The van der Waals surface area contributed by atoms with Crippen molar-refractivity contribution in [3.8, 4) is 0 Å². The molecule has 3 rings (SSSR count). The number of hydrogen-bond donors (Lipinski definition) is 1. The summed E-state index contributed by atoms with van der Waals surface area (Å²) in [6.07, 6.45) is 9.42. The first kappa shape index (κ1) is 13.2. The molecular formula is C14H22N6. The van der Waals surface area contributed by atoms with Crippen LogP contribution < -0.4 is 5.73 Å². The van der Waals surface area contributed by atoms with Crippen LogP contribution in [0.2, 0.25) is 0 Å². The van der Waals surface area contributed by atoms with Crippen LogP contribution in [0.25, 0.3) is 0 Å². The minimum atomic E-state index is 0.502. The molecule has 2 N–H and O–H groups in total. The number of rotatable bonds is 4. The minimum absolute atomic E-state index is 0.502. The predicted molar refractivity (Wildman–Crippen MR) is 78.3 cm³/mol.